The van der Waals surface area contributed by atoms with Gasteiger partial charge in [0.1, 0.15) is 5.52 Å². The van der Waals surface area contributed by atoms with Crippen molar-refractivity contribution in [1.82, 2.24) is 15.0 Å². The van der Waals surface area contributed by atoms with E-state index in [1.54, 1.807) is 42.5 Å². The van der Waals surface area contributed by atoms with Gasteiger partial charge in [-0.15, -0.1) is 16.9 Å². The number of esters is 1. The number of nitrogens with zero attached hydrogens (tertiary/aromatic N) is 4. The summed E-state index contributed by atoms with van der Waals surface area (Å²) in [6.07, 6.45) is 0. The molecule has 0 radical (unpaired) electrons. The number of nitro benzene ring substituents is 1. The molecule has 0 aliphatic carbocycles. The molecule has 0 saturated heterocycles. The smallest absolute Gasteiger partial charge is 0.318 e. The van der Waals surface area contributed by atoms with Gasteiger partial charge in [0.15, 0.2) is 6.73 Å². The molecule has 0 N–H and O–H groups in total. The van der Waals surface area contributed by atoms with Crippen LogP contribution in [0.15, 0.2) is 58.2 Å². The minimum atomic E-state index is -0.630. The van der Waals surface area contributed by atoms with Crippen LogP contribution in [0.4, 0.5) is 5.69 Å². The predicted molar refractivity (Wildman–Crippen MR) is 93.7 cm³/mol. The fourth-order valence-electron chi connectivity index (χ4n) is 2.15. The van der Waals surface area contributed by atoms with Crippen LogP contribution in [0.1, 0.15) is 0 Å². The molecule has 132 valence electrons. The normalized spacial score (nSPS) is 10.6. The van der Waals surface area contributed by atoms with Gasteiger partial charge in [-0.1, -0.05) is 29.5 Å². The number of carbonyl (C=O) groups excluding carboxylic acids is 1. The Morgan fingerprint density at radius 2 is 1.92 bits per heavy atom. The highest BCUT2D eigenvalue weighted by atomic mass is 32.2. The third kappa shape index (κ3) is 3.86. The monoisotopic (exact) mass is 372 g/mol. The molecule has 1 aromatic heterocycles. The Morgan fingerprint density at radius 3 is 2.73 bits per heavy atom. The number of para-hydroxylation sites is 1. The van der Waals surface area contributed by atoms with E-state index in [0.717, 1.165) is 16.4 Å². The van der Waals surface area contributed by atoms with Crippen molar-refractivity contribution in [3.8, 4) is 0 Å². The molecule has 0 spiro atoms. The maximum absolute atomic E-state index is 12.2. The topological polar surface area (TPSA) is 117 Å². The van der Waals surface area contributed by atoms with E-state index in [-0.39, 0.29) is 18.2 Å². The van der Waals surface area contributed by atoms with E-state index >= 15 is 0 Å². The molecule has 9 nitrogen and oxygen atoms in total. The van der Waals surface area contributed by atoms with Crippen LogP contribution in [0.5, 0.6) is 0 Å². The number of carbonyl (C=O) groups is 1. The minimum absolute atomic E-state index is 0.0816. The summed E-state index contributed by atoms with van der Waals surface area (Å²) in [7, 11) is 0. The van der Waals surface area contributed by atoms with Gasteiger partial charge in [0.2, 0.25) is 0 Å². The highest BCUT2D eigenvalue weighted by molar-refractivity contribution is 8.00. The SMILES string of the molecule is O=C(CSc1ccccc1[N+](=O)[O-])OCn1nnc2ccccc2c1=O. The van der Waals surface area contributed by atoms with Crippen molar-refractivity contribution in [1.29, 1.82) is 0 Å². The second kappa shape index (κ2) is 7.74. The second-order valence-corrected chi connectivity index (χ2v) is 6.09. The largest absolute Gasteiger partial charge is 0.441 e. The van der Waals surface area contributed by atoms with E-state index in [1.807, 2.05) is 0 Å². The molecule has 0 fully saturated rings. The van der Waals surface area contributed by atoms with E-state index < -0.39 is 16.5 Å². The van der Waals surface area contributed by atoms with Gasteiger partial charge in [0.05, 0.1) is 21.0 Å². The summed E-state index contributed by atoms with van der Waals surface area (Å²) in [4.78, 5) is 34.9. The van der Waals surface area contributed by atoms with Crippen LogP contribution in [-0.2, 0) is 16.3 Å². The Balaban J connectivity index is 1.62. The minimum Gasteiger partial charge on any atom is -0.441 e. The maximum atomic E-state index is 12.2. The van der Waals surface area contributed by atoms with Gasteiger partial charge in [-0.05, 0) is 18.2 Å². The third-order valence-electron chi connectivity index (χ3n) is 3.38. The van der Waals surface area contributed by atoms with Crippen LogP contribution in [0.25, 0.3) is 10.9 Å². The van der Waals surface area contributed by atoms with E-state index in [4.69, 9.17) is 4.74 Å². The van der Waals surface area contributed by atoms with Crippen LogP contribution < -0.4 is 5.56 Å². The number of nitro groups is 1. The van der Waals surface area contributed by atoms with Gasteiger partial charge in [-0.3, -0.25) is 19.7 Å². The fourth-order valence-corrected chi connectivity index (χ4v) is 2.97. The van der Waals surface area contributed by atoms with Gasteiger partial charge in [-0.2, -0.15) is 4.68 Å². The number of hydrogen-bond acceptors (Lipinski definition) is 8. The van der Waals surface area contributed by atoms with Crippen molar-refractivity contribution in [2.24, 2.45) is 0 Å². The first-order valence-corrected chi connectivity index (χ1v) is 8.39. The average Bonchev–Trinajstić information content (AvgIpc) is 2.66. The van der Waals surface area contributed by atoms with Crippen LogP contribution in [0.2, 0.25) is 0 Å². The summed E-state index contributed by atoms with van der Waals surface area (Å²) < 4.78 is 5.95. The van der Waals surface area contributed by atoms with Crippen molar-refractivity contribution >= 4 is 34.3 Å². The van der Waals surface area contributed by atoms with Crippen molar-refractivity contribution in [2.45, 2.75) is 11.6 Å². The first-order valence-electron chi connectivity index (χ1n) is 7.40. The molecule has 0 bridgehead atoms. The third-order valence-corrected chi connectivity index (χ3v) is 4.42. The molecular weight excluding hydrogens is 360 g/mol. The quantitative estimate of drug-likeness (QED) is 0.279. The highest BCUT2D eigenvalue weighted by Crippen LogP contribution is 2.28. The Kier molecular flexibility index (Phi) is 5.23. The van der Waals surface area contributed by atoms with Gasteiger partial charge in [0.25, 0.3) is 11.2 Å². The summed E-state index contributed by atoms with van der Waals surface area (Å²) in [5.41, 5.74) is -0.0521. The lowest BCUT2D eigenvalue weighted by Gasteiger charge is -2.06. The Labute approximate surface area is 150 Å². The van der Waals surface area contributed by atoms with E-state index in [1.165, 1.54) is 6.07 Å². The zero-order chi connectivity index (χ0) is 18.5. The summed E-state index contributed by atoms with van der Waals surface area (Å²) in [6.45, 7) is -0.382. The molecule has 3 aromatic rings. The van der Waals surface area contributed by atoms with Crippen LogP contribution in [0, 0.1) is 10.1 Å². The van der Waals surface area contributed by atoms with Crippen LogP contribution >= 0.6 is 11.8 Å². The Hall–Kier alpha value is -3.27. The first kappa shape index (κ1) is 17.5. The zero-order valence-corrected chi connectivity index (χ0v) is 14.1. The number of benzene rings is 2. The van der Waals surface area contributed by atoms with Crippen LogP contribution in [0.3, 0.4) is 0 Å². The number of thioether (sulfide) groups is 1. The lowest BCUT2D eigenvalue weighted by Crippen LogP contribution is -2.26. The highest BCUT2D eigenvalue weighted by Gasteiger charge is 2.15. The molecule has 2 aromatic carbocycles. The number of fused-ring (bicyclic) bond motifs is 1. The predicted octanol–water partition coefficient (Wildman–Crippen LogP) is 1.99. The van der Waals surface area contributed by atoms with Crippen LogP contribution in [-0.4, -0.2) is 31.6 Å². The molecule has 0 amide bonds. The van der Waals surface area contributed by atoms with Crippen molar-refractivity contribution in [2.75, 3.05) is 5.75 Å². The van der Waals surface area contributed by atoms with Crippen molar-refractivity contribution < 1.29 is 14.5 Å². The molecule has 0 unspecified atom stereocenters. The molecule has 10 heteroatoms. The molecule has 0 saturated carbocycles. The average molecular weight is 372 g/mol. The second-order valence-electron chi connectivity index (χ2n) is 5.07. The Morgan fingerprint density at radius 1 is 1.19 bits per heavy atom. The maximum Gasteiger partial charge on any atom is 0.318 e. The number of rotatable bonds is 6. The molecule has 3 rings (SSSR count). The summed E-state index contributed by atoms with van der Waals surface area (Å²) >= 11 is 0.986. The number of aromatic nitrogens is 3. The first-order chi connectivity index (χ1) is 12.6. The van der Waals surface area contributed by atoms with Crippen molar-refractivity contribution in [3.05, 3.63) is 69.0 Å². The molecule has 0 aliphatic rings. The van der Waals surface area contributed by atoms with Gasteiger partial charge in [-0.25, -0.2) is 0 Å². The van der Waals surface area contributed by atoms with Crippen molar-refractivity contribution in [3.63, 3.8) is 0 Å². The zero-order valence-electron chi connectivity index (χ0n) is 13.3. The Bertz CT molecular complexity index is 1040. The number of hydrogen-bond donors (Lipinski definition) is 0. The molecule has 0 aliphatic heterocycles. The standard InChI is InChI=1S/C16H12N4O5S/c21-15(9-26-14-8-4-3-7-13(14)20(23)24)25-10-19-16(22)11-5-1-2-6-12(11)17-18-19/h1-8H,9-10H2. The lowest BCUT2D eigenvalue weighted by atomic mass is 10.2. The van der Waals surface area contributed by atoms with Gasteiger partial charge < -0.3 is 4.74 Å². The number of ether oxygens (including phenoxy) is 1. The summed E-state index contributed by atoms with van der Waals surface area (Å²) in [6, 6.07) is 12.8. The molecule has 26 heavy (non-hydrogen) atoms. The van der Waals surface area contributed by atoms with E-state index in [0.29, 0.717) is 15.8 Å². The van der Waals surface area contributed by atoms with E-state index in [9.17, 15) is 19.7 Å². The summed E-state index contributed by atoms with van der Waals surface area (Å²) in [5, 5.41) is 18.9. The molecular formula is C16H12N4O5S. The molecule has 0 atom stereocenters. The lowest BCUT2D eigenvalue weighted by molar-refractivity contribution is -0.387. The van der Waals surface area contributed by atoms with Gasteiger partial charge in [0, 0.05) is 6.07 Å². The van der Waals surface area contributed by atoms with Gasteiger partial charge >= 0.3 is 5.97 Å². The fraction of sp³-hybridized carbons (Fsp3) is 0.125. The summed E-state index contributed by atoms with van der Waals surface area (Å²) in [5.74, 6) is -0.768. The van der Waals surface area contributed by atoms with E-state index in [2.05, 4.69) is 10.3 Å². The molecule has 1 heterocycles.